The van der Waals surface area contributed by atoms with E-state index in [1.807, 2.05) is 0 Å². The van der Waals surface area contributed by atoms with Crippen molar-refractivity contribution < 1.29 is 0 Å². The molecule has 0 spiro atoms. The first kappa shape index (κ1) is 14.2. The fourth-order valence-corrected chi connectivity index (χ4v) is 2.21. The van der Waals surface area contributed by atoms with Crippen LogP contribution in [0.1, 0.15) is 33.3 Å². The van der Waals surface area contributed by atoms with E-state index in [2.05, 4.69) is 68.2 Å². The third kappa shape index (κ3) is 5.33. The zero-order valence-electron chi connectivity index (χ0n) is 11.7. The smallest absolute Gasteiger partial charge is 0.0252 e. The highest BCUT2D eigenvalue weighted by atomic mass is 15.2. The Morgan fingerprint density at radius 2 is 1.76 bits per heavy atom. The predicted molar refractivity (Wildman–Crippen MR) is 75.1 cm³/mol. The molecule has 0 atom stereocenters. The maximum atomic E-state index is 3.53. The molecule has 1 aromatic rings. The van der Waals surface area contributed by atoms with E-state index in [1.165, 1.54) is 5.56 Å². The van der Waals surface area contributed by atoms with Crippen LogP contribution < -0.4 is 5.32 Å². The van der Waals surface area contributed by atoms with Crippen molar-refractivity contribution >= 4 is 0 Å². The number of hydrogen-bond acceptors (Lipinski definition) is 2. The molecule has 2 heteroatoms. The van der Waals surface area contributed by atoms with Crippen molar-refractivity contribution in [2.75, 3.05) is 19.6 Å². The van der Waals surface area contributed by atoms with Crippen molar-refractivity contribution in [3.8, 4) is 0 Å². The molecule has 96 valence electrons. The van der Waals surface area contributed by atoms with Gasteiger partial charge in [-0.3, -0.25) is 4.90 Å². The van der Waals surface area contributed by atoms with Gasteiger partial charge >= 0.3 is 0 Å². The van der Waals surface area contributed by atoms with Gasteiger partial charge in [0.25, 0.3) is 0 Å². The summed E-state index contributed by atoms with van der Waals surface area (Å²) in [6.45, 7) is 13.1. The van der Waals surface area contributed by atoms with Gasteiger partial charge in [0.05, 0.1) is 0 Å². The SMILES string of the molecule is CCNC(C)(C)CN(CC)Cc1ccccc1. The van der Waals surface area contributed by atoms with Crippen LogP contribution in [0.5, 0.6) is 0 Å². The normalized spacial score (nSPS) is 12.1. The summed E-state index contributed by atoms with van der Waals surface area (Å²) >= 11 is 0. The second-order valence-corrected chi connectivity index (χ2v) is 5.20. The first-order chi connectivity index (χ1) is 8.07. The molecule has 0 aliphatic rings. The molecule has 1 aromatic carbocycles. The summed E-state index contributed by atoms with van der Waals surface area (Å²) in [6, 6.07) is 10.7. The Balaban J connectivity index is 2.55. The summed E-state index contributed by atoms with van der Waals surface area (Å²) in [4.78, 5) is 2.48. The topological polar surface area (TPSA) is 15.3 Å². The Bertz CT molecular complexity index is 306. The molecule has 0 aliphatic carbocycles. The average Bonchev–Trinajstić information content (AvgIpc) is 2.29. The van der Waals surface area contributed by atoms with Crippen LogP contribution in [0.3, 0.4) is 0 Å². The molecule has 0 aliphatic heterocycles. The summed E-state index contributed by atoms with van der Waals surface area (Å²) in [5.74, 6) is 0. The van der Waals surface area contributed by atoms with Gasteiger partial charge in [-0.05, 0) is 32.5 Å². The highest BCUT2D eigenvalue weighted by Gasteiger charge is 2.19. The van der Waals surface area contributed by atoms with E-state index in [0.717, 1.165) is 26.2 Å². The quantitative estimate of drug-likeness (QED) is 0.780. The van der Waals surface area contributed by atoms with Crippen molar-refractivity contribution in [1.29, 1.82) is 0 Å². The van der Waals surface area contributed by atoms with Crippen molar-refractivity contribution in [2.24, 2.45) is 0 Å². The molecular formula is C15H26N2. The standard InChI is InChI=1S/C15H26N2/c1-5-16-15(3,4)13-17(6-2)12-14-10-8-7-9-11-14/h7-11,16H,5-6,12-13H2,1-4H3. The first-order valence-corrected chi connectivity index (χ1v) is 6.58. The molecule has 0 aromatic heterocycles. The molecule has 0 unspecified atom stereocenters. The van der Waals surface area contributed by atoms with E-state index in [-0.39, 0.29) is 5.54 Å². The number of rotatable bonds is 7. The van der Waals surface area contributed by atoms with Crippen LogP contribution in [0.25, 0.3) is 0 Å². The maximum absolute atomic E-state index is 3.53. The minimum atomic E-state index is 0.180. The van der Waals surface area contributed by atoms with Gasteiger partial charge in [-0.1, -0.05) is 44.2 Å². The number of likely N-dealkylation sites (N-methyl/N-ethyl adjacent to an activating group) is 2. The lowest BCUT2D eigenvalue weighted by atomic mass is 10.0. The molecule has 0 saturated carbocycles. The summed E-state index contributed by atoms with van der Waals surface area (Å²) in [6.07, 6.45) is 0. The molecule has 0 amide bonds. The molecule has 0 radical (unpaired) electrons. The fraction of sp³-hybridized carbons (Fsp3) is 0.600. The number of nitrogens with one attached hydrogen (secondary N) is 1. The van der Waals surface area contributed by atoms with Crippen LogP contribution >= 0.6 is 0 Å². The van der Waals surface area contributed by atoms with E-state index in [1.54, 1.807) is 0 Å². The lowest BCUT2D eigenvalue weighted by Gasteiger charge is -2.32. The molecular weight excluding hydrogens is 208 g/mol. The van der Waals surface area contributed by atoms with Gasteiger partial charge in [-0.15, -0.1) is 0 Å². The number of hydrogen-bond donors (Lipinski definition) is 1. The van der Waals surface area contributed by atoms with Crippen LogP contribution in [0.15, 0.2) is 30.3 Å². The monoisotopic (exact) mass is 234 g/mol. The summed E-state index contributed by atoms with van der Waals surface area (Å²) in [7, 11) is 0. The Labute approximate surface area is 106 Å². The second-order valence-electron chi connectivity index (χ2n) is 5.20. The third-order valence-corrected chi connectivity index (χ3v) is 2.97. The zero-order chi connectivity index (χ0) is 12.7. The lowest BCUT2D eigenvalue weighted by molar-refractivity contribution is 0.203. The minimum Gasteiger partial charge on any atom is -0.311 e. The van der Waals surface area contributed by atoms with Gasteiger partial charge in [-0.25, -0.2) is 0 Å². The maximum Gasteiger partial charge on any atom is 0.0252 e. The van der Waals surface area contributed by atoms with Gasteiger partial charge in [0, 0.05) is 18.6 Å². The molecule has 0 bridgehead atoms. The highest BCUT2D eigenvalue weighted by molar-refractivity contribution is 5.14. The first-order valence-electron chi connectivity index (χ1n) is 6.58. The summed E-state index contributed by atoms with van der Waals surface area (Å²) < 4.78 is 0. The van der Waals surface area contributed by atoms with Crippen molar-refractivity contribution in [3.05, 3.63) is 35.9 Å². The van der Waals surface area contributed by atoms with Crippen LogP contribution in [-0.4, -0.2) is 30.1 Å². The van der Waals surface area contributed by atoms with Crippen LogP contribution in [0, 0.1) is 0 Å². The highest BCUT2D eigenvalue weighted by Crippen LogP contribution is 2.10. The van der Waals surface area contributed by atoms with Gasteiger partial charge in [0.1, 0.15) is 0 Å². The van der Waals surface area contributed by atoms with E-state index >= 15 is 0 Å². The van der Waals surface area contributed by atoms with Gasteiger partial charge in [0.15, 0.2) is 0 Å². The molecule has 0 saturated heterocycles. The Kier molecular flexibility index (Phi) is 5.66. The van der Waals surface area contributed by atoms with Gasteiger partial charge in [0.2, 0.25) is 0 Å². The third-order valence-electron chi connectivity index (χ3n) is 2.97. The molecule has 0 heterocycles. The van der Waals surface area contributed by atoms with Crippen molar-refractivity contribution in [2.45, 2.75) is 39.8 Å². The average molecular weight is 234 g/mol. The van der Waals surface area contributed by atoms with Crippen LogP contribution in [-0.2, 0) is 6.54 Å². The molecule has 1 rings (SSSR count). The minimum absolute atomic E-state index is 0.180. The number of benzene rings is 1. The zero-order valence-corrected chi connectivity index (χ0v) is 11.7. The lowest BCUT2D eigenvalue weighted by Crippen LogP contribution is -2.48. The summed E-state index contributed by atoms with van der Waals surface area (Å²) in [5, 5.41) is 3.53. The summed E-state index contributed by atoms with van der Waals surface area (Å²) in [5.41, 5.74) is 1.57. The molecule has 17 heavy (non-hydrogen) atoms. The van der Waals surface area contributed by atoms with E-state index in [9.17, 15) is 0 Å². The molecule has 2 nitrogen and oxygen atoms in total. The fourth-order valence-electron chi connectivity index (χ4n) is 2.21. The van der Waals surface area contributed by atoms with E-state index in [4.69, 9.17) is 0 Å². The molecule has 0 fully saturated rings. The van der Waals surface area contributed by atoms with E-state index < -0.39 is 0 Å². The predicted octanol–water partition coefficient (Wildman–Crippen LogP) is 2.90. The largest absolute Gasteiger partial charge is 0.311 e. The van der Waals surface area contributed by atoms with Crippen LogP contribution in [0.2, 0.25) is 0 Å². The van der Waals surface area contributed by atoms with Crippen molar-refractivity contribution in [3.63, 3.8) is 0 Å². The Hall–Kier alpha value is -0.860. The van der Waals surface area contributed by atoms with Crippen molar-refractivity contribution in [1.82, 2.24) is 10.2 Å². The van der Waals surface area contributed by atoms with Gasteiger partial charge in [-0.2, -0.15) is 0 Å². The second kappa shape index (κ2) is 6.77. The number of nitrogens with zero attached hydrogens (tertiary/aromatic N) is 1. The Morgan fingerprint density at radius 1 is 1.12 bits per heavy atom. The van der Waals surface area contributed by atoms with Crippen LogP contribution in [0.4, 0.5) is 0 Å². The van der Waals surface area contributed by atoms with Gasteiger partial charge < -0.3 is 5.32 Å². The Morgan fingerprint density at radius 3 is 2.29 bits per heavy atom. The molecule has 1 N–H and O–H groups in total. The van der Waals surface area contributed by atoms with E-state index in [0.29, 0.717) is 0 Å².